The molecule has 1 amide bonds. The summed E-state index contributed by atoms with van der Waals surface area (Å²) in [6.45, 7) is 2.26. The van der Waals surface area contributed by atoms with E-state index in [4.69, 9.17) is 9.47 Å². The summed E-state index contributed by atoms with van der Waals surface area (Å²) in [7, 11) is 0. The summed E-state index contributed by atoms with van der Waals surface area (Å²) >= 11 is 0. The minimum atomic E-state index is -0.214. The molecular formula is C5H9NO3. The molecule has 1 saturated heterocycles. The molecule has 0 spiro atoms. The van der Waals surface area contributed by atoms with Crippen molar-refractivity contribution < 1.29 is 14.3 Å². The number of nitrogens with one attached hydrogen (secondary N) is 1. The van der Waals surface area contributed by atoms with E-state index in [0.29, 0.717) is 13.3 Å². The van der Waals surface area contributed by atoms with Crippen molar-refractivity contribution in [2.45, 2.75) is 13.2 Å². The maximum atomic E-state index is 10.3. The maximum Gasteiger partial charge on any atom is 0.217 e. The van der Waals surface area contributed by atoms with E-state index in [9.17, 15) is 4.79 Å². The second-order valence-corrected chi connectivity index (χ2v) is 1.82. The molecule has 4 nitrogen and oxygen atoms in total. The normalized spacial score (nSPS) is 18.8. The van der Waals surface area contributed by atoms with Crippen LogP contribution >= 0.6 is 0 Å². The highest BCUT2D eigenvalue weighted by atomic mass is 16.8. The lowest BCUT2D eigenvalue weighted by Gasteiger charge is -2.26. The first-order valence-electron chi connectivity index (χ1n) is 2.76. The van der Waals surface area contributed by atoms with Crippen LogP contribution in [0.25, 0.3) is 0 Å². The van der Waals surface area contributed by atoms with Crippen molar-refractivity contribution in [1.29, 1.82) is 0 Å². The second kappa shape index (κ2) is 2.80. The zero-order chi connectivity index (χ0) is 6.69. The van der Waals surface area contributed by atoms with Crippen LogP contribution in [0.5, 0.6) is 0 Å². The van der Waals surface area contributed by atoms with Crippen LogP contribution < -0.4 is 5.32 Å². The van der Waals surface area contributed by atoms with Gasteiger partial charge in [0.25, 0.3) is 0 Å². The molecule has 1 N–H and O–H groups in total. The summed E-state index contributed by atoms with van der Waals surface area (Å²) in [5.41, 5.74) is 0. The first kappa shape index (κ1) is 6.51. The Labute approximate surface area is 53.1 Å². The van der Waals surface area contributed by atoms with Gasteiger partial charge in [0, 0.05) is 6.92 Å². The van der Waals surface area contributed by atoms with E-state index >= 15 is 0 Å². The summed E-state index contributed by atoms with van der Waals surface area (Å²) in [5.74, 6) is -0.0610. The Hall–Kier alpha value is -0.610. The molecule has 0 aliphatic carbocycles. The SMILES string of the molecule is CC(=O)NCC1OCO1. The van der Waals surface area contributed by atoms with Gasteiger partial charge in [-0.1, -0.05) is 0 Å². The first-order chi connectivity index (χ1) is 4.29. The van der Waals surface area contributed by atoms with Gasteiger partial charge in [0.05, 0.1) is 6.54 Å². The number of hydrogen-bond donors (Lipinski definition) is 1. The molecule has 52 valence electrons. The van der Waals surface area contributed by atoms with Crippen molar-refractivity contribution >= 4 is 5.91 Å². The number of ether oxygens (including phenoxy) is 2. The molecule has 1 rings (SSSR count). The van der Waals surface area contributed by atoms with E-state index in [2.05, 4.69) is 5.32 Å². The van der Waals surface area contributed by atoms with Gasteiger partial charge in [-0.2, -0.15) is 0 Å². The molecule has 0 unspecified atom stereocenters. The third-order valence-corrected chi connectivity index (χ3v) is 1.03. The molecule has 0 atom stereocenters. The van der Waals surface area contributed by atoms with Gasteiger partial charge in [0.2, 0.25) is 5.91 Å². The zero-order valence-electron chi connectivity index (χ0n) is 5.22. The second-order valence-electron chi connectivity index (χ2n) is 1.82. The smallest absolute Gasteiger partial charge is 0.217 e. The van der Waals surface area contributed by atoms with Gasteiger partial charge >= 0.3 is 0 Å². The fraction of sp³-hybridized carbons (Fsp3) is 0.800. The van der Waals surface area contributed by atoms with E-state index in [0.717, 1.165) is 0 Å². The Balaban J connectivity index is 1.97. The van der Waals surface area contributed by atoms with Crippen LogP contribution in [0.2, 0.25) is 0 Å². The molecule has 0 radical (unpaired) electrons. The molecule has 0 bridgehead atoms. The summed E-state index contributed by atoms with van der Waals surface area (Å²) in [6.07, 6.45) is -0.214. The van der Waals surface area contributed by atoms with Crippen LogP contribution in [0.3, 0.4) is 0 Å². The molecule has 0 aromatic heterocycles. The predicted octanol–water partition coefficient (Wildman–Crippen LogP) is -0.547. The summed E-state index contributed by atoms with van der Waals surface area (Å²) < 4.78 is 9.69. The summed E-state index contributed by atoms with van der Waals surface area (Å²) in [6, 6.07) is 0. The molecule has 0 saturated carbocycles. The Kier molecular flexibility index (Phi) is 2.02. The minimum Gasteiger partial charge on any atom is -0.351 e. The Morgan fingerprint density at radius 3 is 2.78 bits per heavy atom. The molecular weight excluding hydrogens is 122 g/mol. The highest BCUT2D eigenvalue weighted by Crippen LogP contribution is 2.03. The maximum absolute atomic E-state index is 10.3. The predicted molar refractivity (Wildman–Crippen MR) is 29.5 cm³/mol. The average Bonchev–Trinajstić information content (AvgIpc) is 1.60. The fourth-order valence-corrected chi connectivity index (χ4v) is 0.509. The van der Waals surface area contributed by atoms with Crippen molar-refractivity contribution in [2.24, 2.45) is 0 Å². The van der Waals surface area contributed by atoms with Crippen LogP contribution in [-0.2, 0) is 14.3 Å². The van der Waals surface area contributed by atoms with Crippen molar-refractivity contribution in [1.82, 2.24) is 5.32 Å². The molecule has 1 fully saturated rings. The summed E-state index contributed by atoms with van der Waals surface area (Å²) in [5, 5.41) is 2.56. The number of carbonyl (C=O) groups is 1. The summed E-state index contributed by atoms with van der Waals surface area (Å²) in [4.78, 5) is 10.3. The number of hydrogen-bond acceptors (Lipinski definition) is 3. The quantitative estimate of drug-likeness (QED) is 0.547. The van der Waals surface area contributed by atoms with Gasteiger partial charge in [-0.25, -0.2) is 0 Å². The van der Waals surface area contributed by atoms with E-state index in [1.54, 1.807) is 0 Å². The first-order valence-corrected chi connectivity index (χ1v) is 2.76. The van der Waals surface area contributed by atoms with Crippen LogP contribution in [0, 0.1) is 0 Å². The lowest BCUT2D eigenvalue weighted by Crippen LogP contribution is -2.41. The van der Waals surface area contributed by atoms with Crippen molar-refractivity contribution in [3.63, 3.8) is 0 Å². The number of rotatable bonds is 2. The van der Waals surface area contributed by atoms with Crippen molar-refractivity contribution in [2.75, 3.05) is 13.3 Å². The standard InChI is InChI=1S/C5H9NO3/c1-4(7)6-2-5-8-3-9-5/h5H,2-3H2,1H3,(H,6,7). The lowest BCUT2D eigenvalue weighted by atomic mass is 10.5. The zero-order valence-corrected chi connectivity index (χ0v) is 5.22. The van der Waals surface area contributed by atoms with E-state index < -0.39 is 0 Å². The molecule has 1 heterocycles. The van der Waals surface area contributed by atoms with Crippen LogP contribution in [-0.4, -0.2) is 25.5 Å². The molecule has 9 heavy (non-hydrogen) atoms. The lowest BCUT2D eigenvalue weighted by molar-refractivity contribution is -0.316. The highest BCUT2D eigenvalue weighted by molar-refractivity contribution is 5.72. The van der Waals surface area contributed by atoms with Gasteiger partial charge in [0.15, 0.2) is 13.1 Å². The average molecular weight is 131 g/mol. The van der Waals surface area contributed by atoms with Crippen molar-refractivity contribution in [3.8, 4) is 0 Å². The number of carbonyl (C=O) groups excluding carboxylic acids is 1. The molecule has 4 heteroatoms. The third kappa shape index (κ3) is 1.99. The van der Waals surface area contributed by atoms with Gasteiger partial charge in [-0.05, 0) is 0 Å². The Morgan fingerprint density at radius 1 is 1.78 bits per heavy atom. The number of amides is 1. The van der Waals surface area contributed by atoms with Gasteiger partial charge in [-0.15, -0.1) is 0 Å². The van der Waals surface area contributed by atoms with Crippen LogP contribution in [0.15, 0.2) is 0 Å². The van der Waals surface area contributed by atoms with Gasteiger partial charge < -0.3 is 14.8 Å². The minimum absolute atomic E-state index is 0.0610. The van der Waals surface area contributed by atoms with Gasteiger partial charge in [0.1, 0.15) is 0 Å². The highest BCUT2D eigenvalue weighted by Gasteiger charge is 2.17. The van der Waals surface area contributed by atoms with Gasteiger partial charge in [-0.3, -0.25) is 4.79 Å². The molecule has 1 aliphatic rings. The molecule has 0 aromatic carbocycles. The molecule has 0 aromatic rings. The van der Waals surface area contributed by atoms with Crippen molar-refractivity contribution in [3.05, 3.63) is 0 Å². The van der Waals surface area contributed by atoms with E-state index in [1.807, 2.05) is 0 Å². The van der Waals surface area contributed by atoms with E-state index in [-0.39, 0.29) is 12.2 Å². The van der Waals surface area contributed by atoms with Crippen LogP contribution in [0.4, 0.5) is 0 Å². The molecule has 1 aliphatic heterocycles. The Morgan fingerprint density at radius 2 is 2.44 bits per heavy atom. The Bertz CT molecular complexity index is 111. The largest absolute Gasteiger partial charge is 0.351 e. The van der Waals surface area contributed by atoms with Crippen LogP contribution in [0.1, 0.15) is 6.92 Å². The van der Waals surface area contributed by atoms with E-state index in [1.165, 1.54) is 6.92 Å². The topological polar surface area (TPSA) is 47.6 Å². The monoisotopic (exact) mass is 131 g/mol. The third-order valence-electron chi connectivity index (χ3n) is 1.03. The fourth-order valence-electron chi connectivity index (χ4n) is 0.509.